The number of amides is 2. The molecule has 0 saturated heterocycles. The quantitative estimate of drug-likeness (QED) is 0.268. The second kappa shape index (κ2) is 11.7. The molecule has 0 fully saturated rings. The van der Waals surface area contributed by atoms with E-state index in [1.54, 1.807) is 55.6 Å². The predicted molar refractivity (Wildman–Crippen MR) is 159 cm³/mol. The maximum atomic E-state index is 13.9. The molecule has 42 heavy (non-hydrogen) atoms. The smallest absolute Gasteiger partial charge is 0.407 e. The van der Waals surface area contributed by atoms with Crippen LogP contribution in [0.1, 0.15) is 0 Å². The highest BCUT2D eigenvalue weighted by Crippen LogP contribution is 2.27. The van der Waals surface area contributed by atoms with Crippen molar-refractivity contribution in [2.24, 2.45) is 0 Å². The number of carboxylic acid groups (broad SMARTS) is 1. The number of aromatic nitrogens is 4. The number of hydrogen-bond donors (Lipinski definition) is 2. The number of nitrogens with two attached hydrogens (primary N) is 1. The number of nitrogens with zero attached hydrogens (tertiary/aromatic N) is 6. The summed E-state index contributed by atoms with van der Waals surface area (Å²) < 4.78 is 8.71. The lowest BCUT2D eigenvalue weighted by Crippen LogP contribution is -2.27. The Morgan fingerprint density at radius 1 is 0.929 bits per heavy atom. The Morgan fingerprint density at radius 2 is 1.64 bits per heavy atom. The second-order valence-corrected chi connectivity index (χ2v) is 9.28. The minimum absolute atomic E-state index is 0.0599. The SMILES string of the molecule is CN(CC=CC(=O)N(C)c1cccc(-n2c(=O)n(-c3ccc(Oc4ccccc4)cc3)c3c(N)ncnc32)c1)C(=O)O. The van der Waals surface area contributed by atoms with Crippen LogP contribution in [0.3, 0.4) is 0 Å². The van der Waals surface area contributed by atoms with Crippen molar-refractivity contribution in [2.75, 3.05) is 31.3 Å². The van der Waals surface area contributed by atoms with E-state index in [1.807, 2.05) is 30.3 Å². The van der Waals surface area contributed by atoms with Gasteiger partial charge in [0, 0.05) is 32.4 Å². The number of imidazole rings is 1. The van der Waals surface area contributed by atoms with E-state index in [0.29, 0.717) is 39.7 Å². The Morgan fingerprint density at radius 3 is 2.36 bits per heavy atom. The second-order valence-electron chi connectivity index (χ2n) is 9.28. The van der Waals surface area contributed by atoms with Crippen molar-refractivity contribution in [1.29, 1.82) is 0 Å². The van der Waals surface area contributed by atoms with Gasteiger partial charge in [0.05, 0.1) is 11.4 Å². The van der Waals surface area contributed by atoms with E-state index < -0.39 is 11.8 Å². The molecule has 2 heterocycles. The van der Waals surface area contributed by atoms with Crippen LogP contribution < -0.4 is 21.1 Å². The number of rotatable bonds is 8. The van der Waals surface area contributed by atoms with E-state index in [4.69, 9.17) is 15.6 Å². The molecule has 212 valence electrons. The van der Waals surface area contributed by atoms with Crippen LogP contribution in [0.5, 0.6) is 11.5 Å². The average molecular weight is 566 g/mol. The first kappa shape index (κ1) is 27.6. The van der Waals surface area contributed by atoms with E-state index in [2.05, 4.69) is 9.97 Å². The minimum atomic E-state index is -1.10. The lowest BCUT2D eigenvalue weighted by atomic mass is 10.2. The van der Waals surface area contributed by atoms with E-state index in [-0.39, 0.29) is 18.3 Å². The fourth-order valence-corrected chi connectivity index (χ4v) is 4.28. The number of fused-ring (bicyclic) bond motifs is 1. The number of carbonyl (C=O) groups excluding carboxylic acids is 1. The van der Waals surface area contributed by atoms with Crippen LogP contribution in [0.25, 0.3) is 22.5 Å². The molecule has 3 aromatic carbocycles. The molecule has 3 N–H and O–H groups in total. The molecule has 5 rings (SSSR count). The Labute approximate surface area is 240 Å². The van der Waals surface area contributed by atoms with E-state index in [9.17, 15) is 14.4 Å². The van der Waals surface area contributed by atoms with Gasteiger partial charge >= 0.3 is 11.8 Å². The summed E-state index contributed by atoms with van der Waals surface area (Å²) in [6.07, 6.45) is 2.94. The summed E-state index contributed by atoms with van der Waals surface area (Å²) in [7, 11) is 2.99. The molecule has 0 unspecified atom stereocenters. The first-order valence-corrected chi connectivity index (χ1v) is 12.8. The highest BCUT2D eigenvalue weighted by molar-refractivity contribution is 6.01. The summed E-state index contributed by atoms with van der Waals surface area (Å²) in [4.78, 5) is 48.5. The summed E-state index contributed by atoms with van der Waals surface area (Å²) in [6.45, 7) is 0.0599. The van der Waals surface area contributed by atoms with Crippen LogP contribution in [0.2, 0.25) is 0 Å². The molecular formula is C30H27N7O5. The molecule has 0 spiro atoms. The van der Waals surface area contributed by atoms with Crippen molar-refractivity contribution in [1.82, 2.24) is 24.0 Å². The first-order valence-electron chi connectivity index (χ1n) is 12.8. The molecular weight excluding hydrogens is 538 g/mol. The number of ether oxygens (including phenoxy) is 1. The zero-order chi connectivity index (χ0) is 29.8. The molecule has 0 aliphatic rings. The Kier molecular flexibility index (Phi) is 7.69. The van der Waals surface area contributed by atoms with Gasteiger partial charge in [-0.1, -0.05) is 30.3 Å². The molecule has 0 aliphatic heterocycles. The lowest BCUT2D eigenvalue weighted by Gasteiger charge is -2.17. The fourth-order valence-electron chi connectivity index (χ4n) is 4.28. The molecule has 0 aliphatic carbocycles. The van der Waals surface area contributed by atoms with Crippen molar-refractivity contribution in [3.63, 3.8) is 0 Å². The van der Waals surface area contributed by atoms with Crippen LogP contribution in [0, 0.1) is 0 Å². The van der Waals surface area contributed by atoms with Crippen LogP contribution in [-0.2, 0) is 4.79 Å². The van der Waals surface area contributed by atoms with Crippen molar-refractivity contribution in [3.8, 4) is 22.9 Å². The highest BCUT2D eigenvalue weighted by Gasteiger charge is 2.21. The largest absolute Gasteiger partial charge is 0.465 e. The van der Waals surface area contributed by atoms with Gasteiger partial charge in [0.2, 0.25) is 5.91 Å². The lowest BCUT2D eigenvalue weighted by molar-refractivity contribution is -0.113. The number of para-hydroxylation sites is 1. The number of nitrogen functional groups attached to an aromatic ring is 1. The van der Waals surface area contributed by atoms with Gasteiger partial charge in [-0.15, -0.1) is 0 Å². The Hall–Kier alpha value is -5.91. The standard InChI is InChI=1S/C30H27N7O5/c1-34(30(40)41)17-7-12-25(38)35(2)21-8-6-9-22(18-21)37-28-26(27(31)32-19-33-28)36(29(37)39)20-13-15-24(16-14-20)42-23-10-4-3-5-11-23/h3-16,18-19H,17H2,1-2H3,(H,40,41)(H2,31,32,33). The van der Waals surface area contributed by atoms with Crippen molar-refractivity contribution in [2.45, 2.75) is 0 Å². The van der Waals surface area contributed by atoms with Crippen LogP contribution in [0.15, 0.2) is 102 Å². The van der Waals surface area contributed by atoms with Crippen molar-refractivity contribution in [3.05, 3.63) is 108 Å². The Bertz CT molecular complexity index is 1850. The number of likely N-dealkylation sites (N-methyl/N-ethyl adjacent to an activating group) is 2. The van der Waals surface area contributed by atoms with Crippen LogP contribution in [0.4, 0.5) is 16.3 Å². The van der Waals surface area contributed by atoms with E-state index in [0.717, 1.165) is 4.90 Å². The van der Waals surface area contributed by atoms with Crippen molar-refractivity contribution < 1.29 is 19.4 Å². The third-order valence-corrected chi connectivity index (χ3v) is 6.50. The predicted octanol–water partition coefficient (Wildman–Crippen LogP) is 4.07. The summed E-state index contributed by atoms with van der Waals surface area (Å²) in [6, 6.07) is 23.2. The van der Waals surface area contributed by atoms with Crippen LogP contribution >= 0.6 is 0 Å². The highest BCUT2D eigenvalue weighted by atomic mass is 16.5. The zero-order valence-corrected chi connectivity index (χ0v) is 22.8. The first-order chi connectivity index (χ1) is 20.2. The number of carbonyl (C=O) groups is 2. The van der Waals surface area contributed by atoms with Gasteiger partial charge in [0.1, 0.15) is 23.3 Å². The molecule has 2 aromatic heterocycles. The third kappa shape index (κ3) is 5.54. The molecule has 12 nitrogen and oxygen atoms in total. The molecule has 12 heteroatoms. The topological polar surface area (TPSA) is 149 Å². The van der Waals surface area contributed by atoms with Gasteiger partial charge in [0.25, 0.3) is 0 Å². The molecule has 0 radical (unpaired) electrons. The minimum Gasteiger partial charge on any atom is -0.465 e. The van der Waals surface area contributed by atoms with Crippen LogP contribution in [-0.4, -0.2) is 61.7 Å². The maximum Gasteiger partial charge on any atom is 0.407 e. The summed E-state index contributed by atoms with van der Waals surface area (Å²) in [5.74, 6) is 1.03. The number of anilines is 2. The van der Waals surface area contributed by atoms with Gasteiger partial charge in [-0.2, -0.15) is 0 Å². The summed E-state index contributed by atoms with van der Waals surface area (Å²) in [5, 5.41) is 8.97. The van der Waals surface area contributed by atoms with E-state index >= 15 is 0 Å². The van der Waals surface area contributed by atoms with E-state index in [1.165, 1.54) is 39.6 Å². The van der Waals surface area contributed by atoms with Gasteiger partial charge in [-0.3, -0.25) is 9.36 Å². The molecule has 2 amide bonds. The normalized spacial score (nSPS) is 11.1. The molecule has 0 saturated carbocycles. The van der Waals surface area contributed by atoms with Gasteiger partial charge in [-0.05, 0) is 54.6 Å². The fraction of sp³-hybridized carbons (Fsp3) is 0.100. The number of hydrogen-bond acceptors (Lipinski definition) is 7. The van der Waals surface area contributed by atoms with Gasteiger partial charge in [0.15, 0.2) is 11.5 Å². The Balaban J connectivity index is 1.50. The molecule has 0 bridgehead atoms. The summed E-state index contributed by atoms with van der Waals surface area (Å²) in [5.41, 5.74) is 7.93. The molecule has 0 atom stereocenters. The maximum absolute atomic E-state index is 13.9. The summed E-state index contributed by atoms with van der Waals surface area (Å²) >= 11 is 0. The molecule has 5 aromatic rings. The van der Waals surface area contributed by atoms with Gasteiger partial charge in [-0.25, -0.2) is 24.1 Å². The average Bonchev–Trinajstić information content (AvgIpc) is 3.30. The number of benzene rings is 3. The third-order valence-electron chi connectivity index (χ3n) is 6.50. The monoisotopic (exact) mass is 565 g/mol. The zero-order valence-electron chi connectivity index (χ0n) is 22.8. The van der Waals surface area contributed by atoms with Gasteiger partial charge < -0.3 is 25.4 Å². The van der Waals surface area contributed by atoms with Crippen molar-refractivity contribution >= 4 is 34.7 Å².